The van der Waals surface area contributed by atoms with Gasteiger partial charge >= 0.3 is 0 Å². The number of aromatic nitrogens is 3. The van der Waals surface area contributed by atoms with Crippen LogP contribution in [0, 0.1) is 0 Å². The molecule has 0 fully saturated rings. The smallest absolute Gasteiger partial charge is 0.228 e. The number of hydrogen-bond donors (Lipinski definition) is 2. The number of rotatable bonds is 3. The molecule has 5 nitrogen and oxygen atoms in total. The van der Waals surface area contributed by atoms with Gasteiger partial charge in [-0.3, -0.25) is 9.89 Å². The van der Waals surface area contributed by atoms with Gasteiger partial charge in [0.15, 0.2) is 0 Å². The van der Waals surface area contributed by atoms with Crippen molar-refractivity contribution >= 4 is 5.91 Å². The van der Waals surface area contributed by atoms with Crippen molar-refractivity contribution in [2.45, 2.75) is 18.9 Å². The van der Waals surface area contributed by atoms with E-state index in [2.05, 4.69) is 26.6 Å². The highest BCUT2D eigenvalue weighted by atomic mass is 16.1. The van der Waals surface area contributed by atoms with Crippen LogP contribution in [0.5, 0.6) is 0 Å². The first kappa shape index (κ1) is 10.0. The zero-order valence-corrected chi connectivity index (χ0v) is 9.18. The number of benzene rings is 1. The Balaban J connectivity index is 1.62. The lowest BCUT2D eigenvalue weighted by Gasteiger charge is -2.28. The number of nitrogens with zero attached hydrogens (tertiary/aromatic N) is 2. The van der Waals surface area contributed by atoms with E-state index in [-0.39, 0.29) is 11.8 Å². The molecule has 1 aromatic heterocycles. The summed E-state index contributed by atoms with van der Waals surface area (Å²) in [6.07, 6.45) is 2.26. The predicted molar refractivity (Wildman–Crippen MR) is 61.1 cm³/mol. The second-order valence-corrected chi connectivity index (χ2v) is 4.11. The number of nitrogens with one attached hydrogen (secondary N) is 2. The van der Waals surface area contributed by atoms with E-state index < -0.39 is 0 Å². The van der Waals surface area contributed by atoms with Crippen LogP contribution in [-0.4, -0.2) is 21.1 Å². The molecule has 1 aliphatic rings. The summed E-state index contributed by atoms with van der Waals surface area (Å²) >= 11 is 0. The molecule has 1 atom stereocenters. The van der Waals surface area contributed by atoms with Crippen molar-refractivity contribution in [2.24, 2.45) is 0 Å². The third-order valence-electron chi connectivity index (χ3n) is 3.07. The summed E-state index contributed by atoms with van der Waals surface area (Å²) in [4.78, 5) is 15.9. The van der Waals surface area contributed by atoms with Crippen LogP contribution in [0.2, 0.25) is 0 Å². The maximum atomic E-state index is 11.9. The normalized spacial score (nSPS) is 17.1. The first-order valence-electron chi connectivity index (χ1n) is 5.54. The van der Waals surface area contributed by atoms with Gasteiger partial charge in [-0.05, 0) is 17.5 Å². The van der Waals surface area contributed by atoms with E-state index in [1.807, 2.05) is 18.2 Å². The average molecular weight is 228 g/mol. The number of fused-ring (bicyclic) bond motifs is 1. The Labute approximate surface area is 98.3 Å². The minimum atomic E-state index is -0.00544. The van der Waals surface area contributed by atoms with E-state index in [9.17, 15) is 4.79 Å². The molecular formula is C12H12N4O. The topological polar surface area (TPSA) is 70.7 Å². The van der Waals surface area contributed by atoms with Crippen LogP contribution in [0.4, 0.5) is 0 Å². The highest BCUT2D eigenvalue weighted by Crippen LogP contribution is 2.34. The minimum absolute atomic E-state index is 0.00544. The molecule has 1 aliphatic carbocycles. The van der Waals surface area contributed by atoms with E-state index in [0.717, 1.165) is 12.0 Å². The fourth-order valence-corrected chi connectivity index (χ4v) is 2.10. The standard InChI is InChI=1S/C12H12N4O/c17-12(13-6-11-14-7-15-16-11)10-5-8-3-1-2-4-9(8)10/h1-4,7,10H,5-6H2,(H,13,17)(H,14,15,16). The van der Waals surface area contributed by atoms with Crippen LogP contribution >= 0.6 is 0 Å². The highest BCUT2D eigenvalue weighted by molar-refractivity contribution is 5.86. The quantitative estimate of drug-likeness (QED) is 0.814. The summed E-state index contributed by atoms with van der Waals surface area (Å²) in [6.45, 7) is 0.400. The molecule has 1 amide bonds. The molecule has 0 saturated heterocycles. The van der Waals surface area contributed by atoms with Crippen molar-refractivity contribution < 1.29 is 4.79 Å². The SMILES string of the molecule is O=C(NCc1ncn[nH]1)C1Cc2ccccc21. The van der Waals surface area contributed by atoms with Crippen LogP contribution in [0.25, 0.3) is 0 Å². The largest absolute Gasteiger partial charge is 0.348 e. The van der Waals surface area contributed by atoms with E-state index in [4.69, 9.17) is 0 Å². The van der Waals surface area contributed by atoms with Crippen LogP contribution < -0.4 is 5.32 Å². The van der Waals surface area contributed by atoms with Gasteiger partial charge in [-0.15, -0.1) is 0 Å². The molecule has 0 saturated carbocycles. The molecule has 5 heteroatoms. The van der Waals surface area contributed by atoms with Crippen molar-refractivity contribution in [1.29, 1.82) is 0 Å². The van der Waals surface area contributed by atoms with Gasteiger partial charge in [0.05, 0.1) is 12.5 Å². The molecule has 2 N–H and O–H groups in total. The zero-order chi connectivity index (χ0) is 11.7. The first-order valence-corrected chi connectivity index (χ1v) is 5.54. The van der Waals surface area contributed by atoms with Gasteiger partial charge in [0, 0.05) is 0 Å². The Bertz CT molecular complexity index is 535. The Morgan fingerprint density at radius 1 is 1.47 bits per heavy atom. The molecule has 0 bridgehead atoms. The van der Waals surface area contributed by atoms with Gasteiger partial charge in [0.2, 0.25) is 5.91 Å². The molecule has 3 rings (SSSR count). The summed E-state index contributed by atoms with van der Waals surface area (Å²) in [5, 5.41) is 9.29. The van der Waals surface area contributed by atoms with Gasteiger partial charge < -0.3 is 5.32 Å². The highest BCUT2D eigenvalue weighted by Gasteiger charge is 2.31. The minimum Gasteiger partial charge on any atom is -0.348 e. The molecule has 86 valence electrons. The molecular weight excluding hydrogens is 216 g/mol. The molecule has 0 radical (unpaired) electrons. The fourth-order valence-electron chi connectivity index (χ4n) is 2.10. The molecule has 17 heavy (non-hydrogen) atoms. The summed E-state index contributed by atoms with van der Waals surface area (Å²) < 4.78 is 0. The van der Waals surface area contributed by atoms with Crippen molar-refractivity contribution in [3.05, 3.63) is 47.5 Å². The number of carbonyl (C=O) groups excluding carboxylic acids is 1. The monoisotopic (exact) mass is 228 g/mol. The molecule has 0 aliphatic heterocycles. The van der Waals surface area contributed by atoms with Crippen LogP contribution in [0.3, 0.4) is 0 Å². The first-order chi connectivity index (χ1) is 8.34. The maximum absolute atomic E-state index is 11.9. The fraction of sp³-hybridized carbons (Fsp3) is 0.250. The van der Waals surface area contributed by atoms with Crippen molar-refractivity contribution in [2.75, 3.05) is 0 Å². The summed E-state index contributed by atoms with van der Waals surface area (Å²) in [6, 6.07) is 8.04. The van der Waals surface area contributed by atoms with Crippen LogP contribution in [0.1, 0.15) is 22.9 Å². The lowest BCUT2D eigenvalue weighted by molar-refractivity contribution is -0.123. The third-order valence-corrected chi connectivity index (χ3v) is 3.07. The second kappa shape index (κ2) is 4.01. The summed E-state index contributed by atoms with van der Waals surface area (Å²) in [7, 11) is 0. The van der Waals surface area contributed by atoms with E-state index >= 15 is 0 Å². The Hall–Kier alpha value is -2.17. The lowest BCUT2D eigenvalue weighted by Crippen LogP contribution is -2.35. The van der Waals surface area contributed by atoms with E-state index in [0.29, 0.717) is 12.4 Å². The van der Waals surface area contributed by atoms with Crippen molar-refractivity contribution in [3.63, 3.8) is 0 Å². The van der Waals surface area contributed by atoms with E-state index in [1.165, 1.54) is 11.9 Å². The van der Waals surface area contributed by atoms with Gasteiger partial charge in [-0.2, -0.15) is 5.10 Å². The maximum Gasteiger partial charge on any atom is 0.228 e. The van der Waals surface area contributed by atoms with Gasteiger partial charge in [-0.1, -0.05) is 24.3 Å². The Morgan fingerprint density at radius 2 is 2.35 bits per heavy atom. The second-order valence-electron chi connectivity index (χ2n) is 4.11. The lowest BCUT2D eigenvalue weighted by atomic mass is 9.77. The molecule has 1 heterocycles. The predicted octanol–water partition coefficient (Wildman–Crippen LogP) is 0.761. The summed E-state index contributed by atoms with van der Waals surface area (Å²) in [5.74, 6) is 0.722. The molecule has 1 unspecified atom stereocenters. The van der Waals surface area contributed by atoms with Gasteiger partial charge in [0.1, 0.15) is 12.2 Å². The number of carbonyl (C=O) groups is 1. The molecule has 2 aromatic rings. The van der Waals surface area contributed by atoms with Gasteiger partial charge in [0.25, 0.3) is 0 Å². The van der Waals surface area contributed by atoms with Crippen molar-refractivity contribution in [1.82, 2.24) is 20.5 Å². The van der Waals surface area contributed by atoms with Gasteiger partial charge in [-0.25, -0.2) is 4.98 Å². The number of aromatic amines is 1. The third kappa shape index (κ3) is 1.80. The average Bonchev–Trinajstić information content (AvgIpc) is 2.81. The zero-order valence-electron chi connectivity index (χ0n) is 9.18. The van der Waals surface area contributed by atoms with Crippen LogP contribution in [0.15, 0.2) is 30.6 Å². The summed E-state index contributed by atoms with van der Waals surface area (Å²) in [5.41, 5.74) is 2.41. The van der Waals surface area contributed by atoms with Crippen molar-refractivity contribution in [3.8, 4) is 0 Å². The number of H-pyrrole nitrogens is 1. The van der Waals surface area contributed by atoms with Crippen LogP contribution in [-0.2, 0) is 17.8 Å². The Kier molecular flexibility index (Phi) is 2.36. The molecule has 1 aromatic carbocycles. The Morgan fingerprint density at radius 3 is 3.12 bits per heavy atom. The molecule has 0 spiro atoms. The number of amides is 1. The number of hydrogen-bond acceptors (Lipinski definition) is 3. The van der Waals surface area contributed by atoms with E-state index in [1.54, 1.807) is 0 Å².